The Bertz CT molecular complexity index is 771. The standard InChI is InChI=1S/C18H18N2O4/c1-12-5-3-6-13(9-12)11-19-16(21)17(22)20-15-8-4-7-14(10-15)18(23)24-2/h3-10H,11H2,1-2H3,(H,19,21)(H,20,22). The minimum absolute atomic E-state index is 0.260. The smallest absolute Gasteiger partial charge is 0.337 e. The number of anilines is 1. The number of hydrogen-bond donors (Lipinski definition) is 2. The third-order valence-corrected chi connectivity index (χ3v) is 3.28. The van der Waals surface area contributed by atoms with Crippen LogP contribution in [0.3, 0.4) is 0 Å². The summed E-state index contributed by atoms with van der Waals surface area (Å²) in [4.78, 5) is 35.2. The zero-order valence-electron chi connectivity index (χ0n) is 13.5. The second-order valence-corrected chi connectivity index (χ2v) is 5.20. The number of methoxy groups -OCH3 is 1. The van der Waals surface area contributed by atoms with E-state index in [2.05, 4.69) is 15.4 Å². The van der Waals surface area contributed by atoms with Gasteiger partial charge in [0.05, 0.1) is 12.7 Å². The first-order chi connectivity index (χ1) is 11.5. The highest BCUT2D eigenvalue weighted by molar-refractivity contribution is 6.39. The molecule has 0 heterocycles. The van der Waals surface area contributed by atoms with Gasteiger partial charge in [-0.2, -0.15) is 0 Å². The van der Waals surface area contributed by atoms with Crippen molar-refractivity contribution in [2.45, 2.75) is 13.5 Å². The van der Waals surface area contributed by atoms with Gasteiger partial charge < -0.3 is 15.4 Å². The van der Waals surface area contributed by atoms with Crippen LogP contribution in [-0.4, -0.2) is 24.9 Å². The lowest BCUT2D eigenvalue weighted by Gasteiger charge is -2.08. The van der Waals surface area contributed by atoms with Crippen LogP contribution in [-0.2, 0) is 20.9 Å². The number of benzene rings is 2. The first kappa shape index (κ1) is 17.2. The highest BCUT2D eigenvalue weighted by Gasteiger charge is 2.14. The third-order valence-electron chi connectivity index (χ3n) is 3.28. The van der Waals surface area contributed by atoms with Crippen molar-refractivity contribution in [3.63, 3.8) is 0 Å². The number of rotatable bonds is 4. The lowest BCUT2D eigenvalue weighted by atomic mass is 10.1. The topological polar surface area (TPSA) is 84.5 Å². The zero-order chi connectivity index (χ0) is 17.5. The molecule has 24 heavy (non-hydrogen) atoms. The molecule has 0 atom stereocenters. The highest BCUT2D eigenvalue weighted by atomic mass is 16.5. The summed E-state index contributed by atoms with van der Waals surface area (Å²) < 4.78 is 4.61. The van der Waals surface area contributed by atoms with E-state index in [0.29, 0.717) is 5.69 Å². The van der Waals surface area contributed by atoms with E-state index in [9.17, 15) is 14.4 Å². The van der Waals surface area contributed by atoms with E-state index in [1.807, 2.05) is 31.2 Å². The van der Waals surface area contributed by atoms with Crippen LogP contribution in [0, 0.1) is 6.92 Å². The van der Waals surface area contributed by atoms with Gasteiger partial charge in [0.25, 0.3) is 0 Å². The highest BCUT2D eigenvalue weighted by Crippen LogP contribution is 2.11. The van der Waals surface area contributed by atoms with Crippen LogP contribution in [0.15, 0.2) is 48.5 Å². The molecule has 2 amide bonds. The van der Waals surface area contributed by atoms with E-state index in [0.717, 1.165) is 11.1 Å². The molecule has 0 aliphatic heterocycles. The van der Waals surface area contributed by atoms with Crippen LogP contribution in [0.25, 0.3) is 0 Å². The molecule has 0 saturated heterocycles. The lowest BCUT2D eigenvalue weighted by Crippen LogP contribution is -2.35. The van der Waals surface area contributed by atoms with Crippen molar-refractivity contribution in [3.05, 3.63) is 65.2 Å². The molecule has 2 N–H and O–H groups in total. The summed E-state index contributed by atoms with van der Waals surface area (Å²) in [5, 5.41) is 5.00. The summed E-state index contributed by atoms with van der Waals surface area (Å²) in [6.45, 7) is 2.21. The maximum Gasteiger partial charge on any atom is 0.337 e. The number of amides is 2. The Hall–Kier alpha value is -3.15. The monoisotopic (exact) mass is 326 g/mol. The number of carbonyl (C=O) groups excluding carboxylic acids is 3. The fraction of sp³-hybridized carbons (Fsp3) is 0.167. The molecule has 0 unspecified atom stereocenters. The first-order valence-electron chi connectivity index (χ1n) is 7.32. The average molecular weight is 326 g/mol. The summed E-state index contributed by atoms with van der Waals surface area (Å²) in [7, 11) is 1.27. The molecular weight excluding hydrogens is 308 g/mol. The molecule has 0 saturated carbocycles. The molecule has 0 bridgehead atoms. The minimum atomic E-state index is -0.801. The van der Waals surface area contributed by atoms with Gasteiger partial charge in [-0.1, -0.05) is 35.9 Å². The van der Waals surface area contributed by atoms with Crippen LogP contribution >= 0.6 is 0 Å². The molecule has 124 valence electrons. The molecule has 6 nitrogen and oxygen atoms in total. The predicted octanol–water partition coefficient (Wildman–Crippen LogP) is 2.04. The Kier molecular flexibility index (Phi) is 5.68. The number of esters is 1. The molecule has 2 rings (SSSR count). The van der Waals surface area contributed by atoms with E-state index >= 15 is 0 Å². The second kappa shape index (κ2) is 7.92. The van der Waals surface area contributed by atoms with Crippen molar-refractivity contribution in [3.8, 4) is 0 Å². The molecule has 0 spiro atoms. The van der Waals surface area contributed by atoms with Crippen LogP contribution < -0.4 is 10.6 Å². The lowest BCUT2D eigenvalue weighted by molar-refractivity contribution is -0.136. The molecule has 2 aromatic carbocycles. The summed E-state index contributed by atoms with van der Waals surface area (Å²) in [6, 6.07) is 13.8. The van der Waals surface area contributed by atoms with Crippen LogP contribution in [0.4, 0.5) is 5.69 Å². The van der Waals surface area contributed by atoms with Gasteiger partial charge in [-0.05, 0) is 30.7 Å². The number of carbonyl (C=O) groups is 3. The fourth-order valence-electron chi connectivity index (χ4n) is 2.11. The molecule has 0 aliphatic carbocycles. The maximum atomic E-state index is 11.9. The zero-order valence-corrected chi connectivity index (χ0v) is 13.5. The van der Waals surface area contributed by atoms with Crippen molar-refractivity contribution in [2.24, 2.45) is 0 Å². The van der Waals surface area contributed by atoms with E-state index < -0.39 is 17.8 Å². The molecule has 0 aliphatic rings. The van der Waals surface area contributed by atoms with Crippen molar-refractivity contribution < 1.29 is 19.1 Å². The molecule has 0 fully saturated rings. The molecule has 0 aromatic heterocycles. The first-order valence-corrected chi connectivity index (χ1v) is 7.32. The van der Waals surface area contributed by atoms with Gasteiger partial charge in [-0.15, -0.1) is 0 Å². The molecule has 6 heteroatoms. The number of hydrogen-bond acceptors (Lipinski definition) is 4. The Morgan fingerprint density at radius 1 is 1.00 bits per heavy atom. The van der Waals surface area contributed by atoms with Gasteiger partial charge >= 0.3 is 17.8 Å². The largest absolute Gasteiger partial charge is 0.465 e. The number of nitrogens with one attached hydrogen (secondary N) is 2. The van der Waals surface area contributed by atoms with Crippen molar-refractivity contribution in [2.75, 3.05) is 12.4 Å². The van der Waals surface area contributed by atoms with Crippen LogP contribution in [0.5, 0.6) is 0 Å². The van der Waals surface area contributed by atoms with Crippen LogP contribution in [0.2, 0.25) is 0 Å². The summed E-state index contributed by atoms with van der Waals surface area (Å²) in [6.07, 6.45) is 0. The molecule has 2 aromatic rings. The van der Waals surface area contributed by atoms with Crippen molar-refractivity contribution >= 4 is 23.5 Å². The summed E-state index contributed by atoms with van der Waals surface area (Å²) in [5.74, 6) is -2.07. The van der Waals surface area contributed by atoms with Gasteiger partial charge in [0.2, 0.25) is 0 Å². The third kappa shape index (κ3) is 4.67. The van der Waals surface area contributed by atoms with Gasteiger partial charge in [0, 0.05) is 12.2 Å². The summed E-state index contributed by atoms with van der Waals surface area (Å²) >= 11 is 0. The predicted molar refractivity (Wildman–Crippen MR) is 89.4 cm³/mol. The minimum Gasteiger partial charge on any atom is -0.465 e. The van der Waals surface area contributed by atoms with E-state index in [1.54, 1.807) is 18.2 Å². The van der Waals surface area contributed by atoms with Crippen molar-refractivity contribution in [1.82, 2.24) is 5.32 Å². The van der Waals surface area contributed by atoms with Gasteiger partial charge in [-0.3, -0.25) is 9.59 Å². The Morgan fingerprint density at radius 2 is 1.75 bits per heavy atom. The second-order valence-electron chi connectivity index (χ2n) is 5.20. The quantitative estimate of drug-likeness (QED) is 0.665. The molecule has 0 radical (unpaired) electrons. The summed E-state index contributed by atoms with van der Waals surface area (Å²) in [5.41, 5.74) is 2.61. The normalized spacial score (nSPS) is 9.92. The number of aryl methyl sites for hydroxylation is 1. The SMILES string of the molecule is COC(=O)c1cccc(NC(=O)C(=O)NCc2cccc(C)c2)c1. The van der Waals surface area contributed by atoms with E-state index in [4.69, 9.17) is 0 Å². The maximum absolute atomic E-state index is 11.9. The fourth-order valence-corrected chi connectivity index (χ4v) is 2.11. The average Bonchev–Trinajstić information content (AvgIpc) is 2.59. The Balaban J connectivity index is 1.94. The number of ether oxygens (including phenoxy) is 1. The van der Waals surface area contributed by atoms with Gasteiger partial charge in [0.15, 0.2) is 0 Å². The van der Waals surface area contributed by atoms with E-state index in [-0.39, 0.29) is 12.1 Å². The Morgan fingerprint density at radius 3 is 2.46 bits per heavy atom. The van der Waals surface area contributed by atoms with Crippen LogP contribution in [0.1, 0.15) is 21.5 Å². The van der Waals surface area contributed by atoms with E-state index in [1.165, 1.54) is 13.2 Å². The van der Waals surface area contributed by atoms with Crippen molar-refractivity contribution in [1.29, 1.82) is 0 Å². The van der Waals surface area contributed by atoms with Gasteiger partial charge in [-0.25, -0.2) is 4.79 Å². The Labute approximate surface area is 139 Å². The molecular formula is C18H18N2O4. The van der Waals surface area contributed by atoms with Gasteiger partial charge in [0.1, 0.15) is 0 Å².